The Balaban J connectivity index is 1.08. The van der Waals surface area contributed by atoms with Crippen LogP contribution in [0.3, 0.4) is 0 Å². The topological polar surface area (TPSA) is 16.4 Å². The van der Waals surface area contributed by atoms with Crippen molar-refractivity contribution in [3.8, 4) is 33.4 Å². The molecule has 9 aromatic rings. The molecule has 0 aliphatic heterocycles. The third kappa shape index (κ3) is 4.80. The second-order valence-corrected chi connectivity index (χ2v) is 13.9. The van der Waals surface area contributed by atoms with Crippen molar-refractivity contribution in [3.05, 3.63) is 211 Å². The van der Waals surface area contributed by atoms with E-state index in [0.29, 0.717) is 0 Å². The van der Waals surface area contributed by atoms with Crippen molar-refractivity contribution < 1.29 is 4.42 Å². The lowest BCUT2D eigenvalue weighted by atomic mass is 9.74. The first-order valence-corrected chi connectivity index (χ1v) is 17.9. The van der Waals surface area contributed by atoms with Crippen molar-refractivity contribution in [1.82, 2.24) is 0 Å². The quantitative estimate of drug-likeness (QED) is 0.176. The van der Waals surface area contributed by atoms with Gasteiger partial charge in [0.25, 0.3) is 0 Å². The molecule has 52 heavy (non-hydrogen) atoms. The summed E-state index contributed by atoms with van der Waals surface area (Å²) >= 11 is 0. The molecule has 0 fully saturated rings. The molecular formula is C50H35NO. The summed E-state index contributed by atoms with van der Waals surface area (Å²) in [5.41, 5.74) is 16.0. The SMILES string of the molecule is CC1(c2ccc3c(c2)oc2cc(N(c4ccc(-c5ccccc5)cc4)c4ccc(-c5ccccc5)cc4)ccc23)c2ccccc2-c2ccccc21. The van der Waals surface area contributed by atoms with Crippen LogP contribution in [-0.2, 0) is 5.41 Å². The predicted octanol–water partition coefficient (Wildman–Crippen LogP) is 13.7. The van der Waals surface area contributed by atoms with E-state index in [2.05, 4.69) is 206 Å². The van der Waals surface area contributed by atoms with Crippen molar-refractivity contribution in [2.45, 2.75) is 12.3 Å². The highest BCUT2D eigenvalue weighted by Gasteiger charge is 2.40. The summed E-state index contributed by atoms with van der Waals surface area (Å²) in [6.07, 6.45) is 0. The molecule has 2 nitrogen and oxygen atoms in total. The molecule has 1 aliphatic rings. The summed E-state index contributed by atoms with van der Waals surface area (Å²) in [5.74, 6) is 0. The Bertz CT molecular complexity index is 2600. The second-order valence-electron chi connectivity index (χ2n) is 13.9. The lowest BCUT2D eigenvalue weighted by Crippen LogP contribution is -2.22. The molecule has 0 bridgehead atoms. The van der Waals surface area contributed by atoms with Crippen LogP contribution in [0, 0.1) is 0 Å². The zero-order chi connectivity index (χ0) is 34.6. The standard InChI is InChI=1S/C50H35NO/c1-50(46-18-10-8-16-42(46)43-17-9-11-19-47(43)50)38-24-30-44-45-31-29-41(33-49(45)52-48(44)32-38)51(39-25-20-36(21-26-39)34-12-4-2-5-13-34)40-27-22-37(23-28-40)35-14-6-3-7-15-35/h2-33H,1H3. The van der Waals surface area contributed by atoms with Gasteiger partial charge in [0, 0.05) is 39.3 Å². The first-order chi connectivity index (χ1) is 25.6. The zero-order valence-corrected chi connectivity index (χ0v) is 28.8. The van der Waals surface area contributed by atoms with Gasteiger partial charge in [0.2, 0.25) is 0 Å². The van der Waals surface area contributed by atoms with Crippen LogP contribution in [0.25, 0.3) is 55.3 Å². The van der Waals surface area contributed by atoms with Gasteiger partial charge in [-0.1, -0.05) is 146 Å². The Morgan fingerprint density at radius 1 is 0.385 bits per heavy atom. The molecule has 2 heteroatoms. The van der Waals surface area contributed by atoms with Gasteiger partial charge in [-0.2, -0.15) is 0 Å². The minimum absolute atomic E-state index is 0.278. The van der Waals surface area contributed by atoms with Gasteiger partial charge in [0.15, 0.2) is 0 Å². The van der Waals surface area contributed by atoms with E-state index in [1.807, 2.05) is 0 Å². The number of furan rings is 1. The Morgan fingerprint density at radius 2 is 0.808 bits per heavy atom. The van der Waals surface area contributed by atoms with Crippen LogP contribution in [0.5, 0.6) is 0 Å². The fourth-order valence-electron chi connectivity index (χ4n) is 8.29. The zero-order valence-electron chi connectivity index (χ0n) is 28.8. The molecule has 0 amide bonds. The van der Waals surface area contributed by atoms with E-state index in [1.54, 1.807) is 0 Å². The van der Waals surface area contributed by atoms with E-state index < -0.39 is 0 Å². The lowest BCUT2D eigenvalue weighted by Gasteiger charge is -2.28. The van der Waals surface area contributed by atoms with Crippen LogP contribution in [0.4, 0.5) is 17.1 Å². The Labute approximate surface area is 303 Å². The fourth-order valence-corrected chi connectivity index (χ4v) is 8.29. The van der Waals surface area contributed by atoms with Crippen molar-refractivity contribution in [2.24, 2.45) is 0 Å². The number of fused-ring (bicyclic) bond motifs is 6. The van der Waals surface area contributed by atoms with Gasteiger partial charge in [-0.3, -0.25) is 0 Å². The average Bonchev–Trinajstić information content (AvgIpc) is 3.71. The molecule has 0 saturated heterocycles. The summed E-state index contributed by atoms with van der Waals surface area (Å²) in [7, 11) is 0. The minimum Gasteiger partial charge on any atom is -0.456 e. The third-order valence-corrected chi connectivity index (χ3v) is 11.0. The molecule has 8 aromatic carbocycles. The summed E-state index contributed by atoms with van der Waals surface area (Å²) < 4.78 is 6.76. The number of nitrogens with zero attached hydrogens (tertiary/aromatic N) is 1. The Hall–Kier alpha value is -6.64. The molecule has 0 spiro atoms. The monoisotopic (exact) mass is 665 g/mol. The van der Waals surface area contributed by atoms with Crippen LogP contribution >= 0.6 is 0 Å². The van der Waals surface area contributed by atoms with Crippen LogP contribution in [0.2, 0.25) is 0 Å². The molecule has 0 atom stereocenters. The van der Waals surface area contributed by atoms with Crippen LogP contribution in [0.15, 0.2) is 199 Å². The molecule has 1 aromatic heterocycles. The maximum Gasteiger partial charge on any atom is 0.137 e. The van der Waals surface area contributed by atoms with Crippen molar-refractivity contribution in [3.63, 3.8) is 0 Å². The fraction of sp³-hybridized carbons (Fsp3) is 0.0400. The van der Waals surface area contributed by atoms with E-state index >= 15 is 0 Å². The molecule has 1 aliphatic carbocycles. The Morgan fingerprint density at radius 3 is 1.35 bits per heavy atom. The summed E-state index contributed by atoms with van der Waals surface area (Å²) in [4.78, 5) is 2.31. The van der Waals surface area contributed by atoms with Crippen LogP contribution in [-0.4, -0.2) is 0 Å². The van der Waals surface area contributed by atoms with Gasteiger partial charge < -0.3 is 9.32 Å². The number of rotatable bonds is 6. The Kier molecular flexibility index (Phi) is 6.97. The van der Waals surface area contributed by atoms with E-state index in [-0.39, 0.29) is 5.41 Å². The van der Waals surface area contributed by atoms with Crippen molar-refractivity contribution in [1.29, 1.82) is 0 Å². The maximum absolute atomic E-state index is 6.76. The molecular weight excluding hydrogens is 631 g/mol. The van der Waals surface area contributed by atoms with Gasteiger partial charge in [-0.25, -0.2) is 0 Å². The normalized spacial score (nSPS) is 12.9. The summed E-state index contributed by atoms with van der Waals surface area (Å²) in [6, 6.07) is 69.8. The predicted molar refractivity (Wildman–Crippen MR) is 217 cm³/mol. The van der Waals surface area contributed by atoms with Crippen molar-refractivity contribution >= 4 is 39.0 Å². The van der Waals surface area contributed by atoms with Crippen LogP contribution < -0.4 is 4.90 Å². The van der Waals surface area contributed by atoms with Gasteiger partial charge in [-0.15, -0.1) is 0 Å². The minimum atomic E-state index is -0.278. The highest BCUT2D eigenvalue weighted by atomic mass is 16.3. The average molecular weight is 666 g/mol. The van der Waals surface area contributed by atoms with Gasteiger partial charge in [0.05, 0.1) is 0 Å². The number of hydrogen-bond donors (Lipinski definition) is 0. The highest BCUT2D eigenvalue weighted by Crippen LogP contribution is 2.52. The molecule has 0 saturated carbocycles. The lowest BCUT2D eigenvalue weighted by molar-refractivity contribution is 0.662. The second kappa shape index (κ2) is 12.0. The smallest absolute Gasteiger partial charge is 0.137 e. The van der Waals surface area contributed by atoms with E-state index in [9.17, 15) is 0 Å². The molecule has 1 heterocycles. The van der Waals surface area contributed by atoms with Crippen molar-refractivity contribution in [2.75, 3.05) is 4.90 Å². The molecule has 0 radical (unpaired) electrons. The molecule has 0 unspecified atom stereocenters. The van der Waals surface area contributed by atoms with Gasteiger partial charge >= 0.3 is 0 Å². The summed E-state index contributed by atoms with van der Waals surface area (Å²) in [5, 5.41) is 2.24. The maximum atomic E-state index is 6.76. The number of hydrogen-bond acceptors (Lipinski definition) is 2. The van der Waals surface area contributed by atoms with E-state index in [4.69, 9.17) is 4.42 Å². The van der Waals surface area contributed by atoms with Gasteiger partial charge in [0.1, 0.15) is 11.2 Å². The first-order valence-electron chi connectivity index (χ1n) is 17.9. The van der Waals surface area contributed by atoms with Gasteiger partial charge in [-0.05, 0) is 99.5 Å². The number of benzene rings is 8. The van der Waals surface area contributed by atoms with E-state index in [0.717, 1.165) is 39.0 Å². The summed E-state index contributed by atoms with van der Waals surface area (Å²) in [6.45, 7) is 2.35. The first kappa shape index (κ1) is 30.2. The van der Waals surface area contributed by atoms with Crippen LogP contribution in [0.1, 0.15) is 23.6 Å². The molecule has 10 rings (SSSR count). The molecule has 246 valence electrons. The van der Waals surface area contributed by atoms with E-state index in [1.165, 1.54) is 50.1 Å². The number of anilines is 3. The third-order valence-electron chi connectivity index (χ3n) is 11.0. The molecule has 0 N–H and O–H groups in total. The highest BCUT2D eigenvalue weighted by molar-refractivity contribution is 6.06. The largest absolute Gasteiger partial charge is 0.456 e.